The second kappa shape index (κ2) is 5.69. The molecule has 1 aliphatic carbocycles. The molecule has 1 amide bonds. The molecule has 2 aromatic carbocycles. The van der Waals surface area contributed by atoms with Crippen molar-refractivity contribution in [3.8, 4) is 0 Å². The Morgan fingerprint density at radius 3 is 2.41 bits per heavy atom. The van der Waals surface area contributed by atoms with Crippen LogP contribution in [-0.4, -0.2) is 5.91 Å². The number of rotatable bonds is 3. The number of benzene rings is 2. The molecule has 22 heavy (non-hydrogen) atoms. The fourth-order valence-electron chi connectivity index (χ4n) is 2.82. The van der Waals surface area contributed by atoms with Gasteiger partial charge in [0.15, 0.2) is 0 Å². The summed E-state index contributed by atoms with van der Waals surface area (Å²) in [6.45, 7) is 0. The molecule has 0 aliphatic heterocycles. The molecule has 0 radical (unpaired) electrons. The van der Waals surface area contributed by atoms with Crippen LogP contribution in [0.3, 0.4) is 0 Å². The van der Waals surface area contributed by atoms with Gasteiger partial charge in [-0.1, -0.05) is 36.2 Å². The largest absolute Gasteiger partial charge is 0.325 e. The maximum Gasteiger partial charge on any atom is 0.235 e. The number of amides is 1. The summed E-state index contributed by atoms with van der Waals surface area (Å²) in [6, 6.07) is 10.3. The van der Waals surface area contributed by atoms with Gasteiger partial charge in [0.25, 0.3) is 0 Å². The van der Waals surface area contributed by atoms with Crippen LogP contribution < -0.4 is 5.32 Å². The SMILES string of the molecule is O=C(Nc1ccc(F)c(Cl)c1)C1(c2ccccc2F)CCC1. The molecular formula is C17H14ClF2NO. The molecule has 0 aromatic heterocycles. The number of carbonyl (C=O) groups is 1. The van der Waals surface area contributed by atoms with Gasteiger partial charge in [-0.2, -0.15) is 0 Å². The quantitative estimate of drug-likeness (QED) is 0.874. The maximum absolute atomic E-state index is 14.1. The van der Waals surface area contributed by atoms with E-state index in [4.69, 9.17) is 11.6 Å². The molecule has 5 heteroatoms. The third-order valence-electron chi connectivity index (χ3n) is 4.21. The molecule has 1 saturated carbocycles. The first-order valence-corrected chi connectivity index (χ1v) is 7.42. The summed E-state index contributed by atoms with van der Waals surface area (Å²) < 4.78 is 27.2. The predicted octanol–water partition coefficient (Wildman–Crippen LogP) is 4.68. The normalized spacial score (nSPS) is 16.0. The van der Waals surface area contributed by atoms with Crippen molar-refractivity contribution in [1.29, 1.82) is 0 Å². The van der Waals surface area contributed by atoms with Gasteiger partial charge in [0, 0.05) is 11.3 Å². The van der Waals surface area contributed by atoms with Crippen LogP contribution in [0.4, 0.5) is 14.5 Å². The molecule has 114 valence electrons. The number of halogens is 3. The highest BCUT2D eigenvalue weighted by Crippen LogP contribution is 2.45. The van der Waals surface area contributed by atoms with Crippen molar-refractivity contribution in [2.45, 2.75) is 24.7 Å². The monoisotopic (exact) mass is 321 g/mol. The van der Waals surface area contributed by atoms with Gasteiger partial charge in [-0.15, -0.1) is 0 Å². The lowest BCUT2D eigenvalue weighted by Crippen LogP contribution is -2.46. The van der Waals surface area contributed by atoms with Crippen LogP contribution in [0.15, 0.2) is 42.5 Å². The van der Waals surface area contributed by atoms with Crippen LogP contribution in [0.1, 0.15) is 24.8 Å². The Morgan fingerprint density at radius 1 is 1.09 bits per heavy atom. The fourth-order valence-corrected chi connectivity index (χ4v) is 3.00. The van der Waals surface area contributed by atoms with Gasteiger partial charge in [-0.05, 0) is 37.1 Å². The van der Waals surface area contributed by atoms with Gasteiger partial charge in [0.2, 0.25) is 5.91 Å². The van der Waals surface area contributed by atoms with Crippen molar-refractivity contribution in [2.75, 3.05) is 5.32 Å². The third kappa shape index (κ3) is 2.48. The Bertz CT molecular complexity index is 728. The maximum atomic E-state index is 14.1. The molecule has 0 heterocycles. The minimum atomic E-state index is -0.855. The summed E-state index contributed by atoms with van der Waals surface area (Å²) in [6.07, 6.45) is 2.05. The van der Waals surface area contributed by atoms with Gasteiger partial charge in [0.05, 0.1) is 10.4 Å². The van der Waals surface area contributed by atoms with E-state index < -0.39 is 11.2 Å². The van der Waals surface area contributed by atoms with E-state index in [1.165, 1.54) is 24.3 Å². The van der Waals surface area contributed by atoms with Crippen molar-refractivity contribution in [3.63, 3.8) is 0 Å². The lowest BCUT2D eigenvalue weighted by atomic mass is 9.63. The van der Waals surface area contributed by atoms with E-state index in [1.807, 2.05) is 0 Å². The molecular weight excluding hydrogens is 308 g/mol. The summed E-state index contributed by atoms with van der Waals surface area (Å²) >= 11 is 5.72. The van der Waals surface area contributed by atoms with Gasteiger partial charge in [-0.25, -0.2) is 8.78 Å². The number of hydrogen-bond donors (Lipinski definition) is 1. The van der Waals surface area contributed by atoms with E-state index in [2.05, 4.69) is 5.32 Å². The smallest absolute Gasteiger partial charge is 0.235 e. The highest BCUT2D eigenvalue weighted by Gasteiger charge is 2.47. The molecule has 0 spiro atoms. The Labute approximate surface area is 132 Å². The lowest BCUT2D eigenvalue weighted by molar-refractivity contribution is -0.124. The first-order chi connectivity index (χ1) is 10.5. The summed E-state index contributed by atoms with van der Waals surface area (Å²) in [5, 5.41) is 2.66. The first kappa shape index (κ1) is 15.0. The van der Waals surface area contributed by atoms with Crippen LogP contribution in [0, 0.1) is 11.6 Å². The van der Waals surface area contributed by atoms with Crippen LogP contribution in [-0.2, 0) is 10.2 Å². The lowest BCUT2D eigenvalue weighted by Gasteiger charge is -2.40. The molecule has 0 atom stereocenters. The van der Waals surface area contributed by atoms with E-state index in [0.717, 1.165) is 6.42 Å². The first-order valence-electron chi connectivity index (χ1n) is 7.04. The van der Waals surface area contributed by atoms with Crippen LogP contribution in [0.5, 0.6) is 0 Å². The number of carbonyl (C=O) groups excluding carboxylic acids is 1. The molecule has 2 aromatic rings. The number of nitrogens with one attached hydrogen (secondary N) is 1. The summed E-state index contributed by atoms with van der Waals surface area (Å²) in [5.74, 6) is -1.21. The fraction of sp³-hybridized carbons (Fsp3) is 0.235. The van der Waals surface area contributed by atoms with Gasteiger partial charge < -0.3 is 5.32 Å². The summed E-state index contributed by atoms with van der Waals surface area (Å²) in [4.78, 5) is 12.7. The zero-order chi connectivity index (χ0) is 15.7. The minimum absolute atomic E-state index is 0.0636. The van der Waals surface area contributed by atoms with Gasteiger partial charge in [-0.3, -0.25) is 4.79 Å². The topological polar surface area (TPSA) is 29.1 Å². The van der Waals surface area contributed by atoms with Crippen molar-refractivity contribution in [1.82, 2.24) is 0 Å². The Morgan fingerprint density at radius 2 is 1.82 bits per heavy atom. The van der Waals surface area contributed by atoms with E-state index in [-0.39, 0.29) is 16.7 Å². The van der Waals surface area contributed by atoms with E-state index in [9.17, 15) is 13.6 Å². The zero-order valence-electron chi connectivity index (χ0n) is 11.7. The van der Waals surface area contributed by atoms with Crippen LogP contribution in [0.2, 0.25) is 5.02 Å². The minimum Gasteiger partial charge on any atom is -0.325 e. The van der Waals surface area contributed by atoms with E-state index in [1.54, 1.807) is 18.2 Å². The Kier molecular flexibility index (Phi) is 3.87. The van der Waals surface area contributed by atoms with E-state index in [0.29, 0.717) is 24.1 Å². The van der Waals surface area contributed by atoms with Crippen molar-refractivity contribution in [3.05, 3.63) is 64.7 Å². The molecule has 1 fully saturated rings. The second-order valence-corrected chi connectivity index (χ2v) is 5.91. The highest BCUT2D eigenvalue weighted by atomic mass is 35.5. The van der Waals surface area contributed by atoms with Crippen LogP contribution in [0.25, 0.3) is 0 Å². The number of anilines is 1. The third-order valence-corrected chi connectivity index (χ3v) is 4.50. The van der Waals surface area contributed by atoms with Gasteiger partial charge in [0.1, 0.15) is 11.6 Å². The van der Waals surface area contributed by atoms with Crippen molar-refractivity contribution >= 4 is 23.2 Å². The predicted molar refractivity (Wildman–Crippen MR) is 82.0 cm³/mol. The summed E-state index contributed by atoms with van der Waals surface area (Å²) in [5.41, 5.74) is -0.0439. The zero-order valence-corrected chi connectivity index (χ0v) is 12.5. The molecule has 2 nitrogen and oxygen atoms in total. The molecule has 1 aliphatic rings. The molecule has 0 saturated heterocycles. The molecule has 3 rings (SSSR count). The van der Waals surface area contributed by atoms with Crippen molar-refractivity contribution < 1.29 is 13.6 Å². The van der Waals surface area contributed by atoms with E-state index >= 15 is 0 Å². The van der Waals surface area contributed by atoms with Crippen molar-refractivity contribution in [2.24, 2.45) is 0 Å². The van der Waals surface area contributed by atoms with Gasteiger partial charge >= 0.3 is 0 Å². The Balaban J connectivity index is 1.89. The van der Waals surface area contributed by atoms with Crippen LogP contribution >= 0.6 is 11.6 Å². The average molecular weight is 322 g/mol. The number of hydrogen-bond acceptors (Lipinski definition) is 1. The summed E-state index contributed by atoms with van der Waals surface area (Å²) in [7, 11) is 0. The average Bonchev–Trinajstić information content (AvgIpc) is 2.44. The standard InChI is InChI=1S/C17H14ClF2NO/c18-13-10-11(6-7-15(13)20)21-16(22)17(8-3-9-17)12-4-1-2-5-14(12)19/h1-2,4-7,10H,3,8-9H2,(H,21,22). The molecule has 1 N–H and O–H groups in total. The molecule has 0 unspecified atom stereocenters. The second-order valence-electron chi connectivity index (χ2n) is 5.50. The molecule has 0 bridgehead atoms. The Hall–Kier alpha value is -1.94. The highest BCUT2D eigenvalue weighted by molar-refractivity contribution is 6.31.